The van der Waals surface area contributed by atoms with E-state index >= 15 is 0 Å². The predicted molar refractivity (Wildman–Crippen MR) is 131 cm³/mol. The molecular weight excluding hydrogens is 518 g/mol. The molecule has 7 nitrogen and oxygen atoms in total. The standard InChI is InChI=1S/C24H28Cl2F3N5O2/c1-23(28,29)24(6-7-24)17(22-32-10-14(25)11-33-22)9-18(35)31-12-15(34(2)3)8-13-4-5-16(21(30)36)20(27)19(13)26/h4-5,10-11,15,17H,6-9,12H2,1-3H3,(H2,30,36)(H,31,35)/t15-,17?/m0/s1. The monoisotopic (exact) mass is 545 g/mol. The number of likely N-dealkylation sites (N-methyl/N-ethyl adjacent to an activating group) is 1. The molecule has 3 N–H and O–H groups in total. The lowest BCUT2D eigenvalue weighted by atomic mass is 9.80. The molecule has 0 bridgehead atoms. The van der Waals surface area contributed by atoms with Gasteiger partial charge in [-0.05, 0) is 51.9 Å². The highest BCUT2D eigenvalue weighted by Gasteiger charge is 2.64. The van der Waals surface area contributed by atoms with Gasteiger partial charge in [-0.2, -0.15) is 0 Å². The molecule has 12 heteroatoms. The smallest absolute Gasteiger partial charge is 0.251 e. The van der Waals surface area contributed by atoms with E-state index in [2.05, 4.69) is 15.3 Å². The molecule has 196 valence electrons. The van der Waals surface area contributed by atoms with Gasteiger partial charge < -0.3 is 16.0 Å². The SMILES string of the molecule is CN(C)[C@H](CNC(=O)CC(c1ncc(Cl)cn1)C1(C(C)(F)F)CC1)Cc1ccc(C(N)=O)c(F)c1Cl. The van der Waals surface area contributed by atoms with E-state index in [-0.39, 0.29) is 59.7 Å². The van der Waals surface area contributed by atoms with Gasteiger partial charge in [-0.15, -0.1) is 0 Å². The zero-order valence-corrected chi connectivity index (χ0v) is 21.6. The van der Waals surface area contributed by atoms with Crippen molar-refractivity contribution < 1.29 is 22.8 Å². The summed E-state index contributed by atoms with van der Waals surface area (Å²) in [4.78, 5) is 34.3. The van der Waals surface area contributed by atoms with Crippen LogP contribution in [0.5, 0.6) is 0 Å². The van der Waals surface area contributed by atoms with Crippen LogP contribution in [0.4, 0.5) is 13.2 Å². The van der Waals surface area contributed by atoms with Crippen LogP contribution in [0.3, 0.4) is 0 Å². The van der Waals surface area contributed by atoms with Crippen LogP contribution >= 0.6 is 23.2 Å². The Bertz CT molecular complexity index is 1120. The first-order valence-corrected chi connectivity index (χ1v) is 12.1. The maximum Gasteiger partial charge on any atom is 0.251 e. The number of hydrogen-bond donors (Lipinski definition) is 2. The first-order chi connectivity index (χ1) is 16.8. The van der Waals surface area contributed by atoms with E-state index in [1.54, 1.807) is 14.1 Å². The normalized spacial score (nSPS) is 16.5. The summed E-state index contributed by atoms with van der Waals surface area (Å²) in [5, 5.41) is 2.84. The van der Waals surface area contributed by atoms with E-state index in [0.717, 1.165) is 6.92 Å². The second kappa shape index (κ2) is 10.9. The predicted octanol–water partition coefficient (Wildman–Crippen LogP) is 4.22. The van der Waals surface area contributed by atoms with Crippen LogP contribution in [0.2, 0.25) is 10.0 Å². The maximum absolute atomic E-state index is 14.5. The first-order valence-electron chi connectivity index (χ1n) is 11.3. The molecule has 2 aromatic rings. The number of benzene rings is 1. The van der Waals surface area contributed by atoms with Gasteiger partial charge in [-0.3, -0.25) is 9.59 Å². The summed E-state index contributed by atoms with van der Waals surface area (Å²) in [6.45, 7) is 1.00. The number of carbonyl (C=O) groups excluding carboxylic acids is 2. The number of rotatable bonds is 11. The van der Waals surface area contributed by atoms with Crippen molar-refractivity contribution in [1.82, 2.24) is 20.2 Å². The van der Waals surface area contributed by atoms with E-state index in [1.165, 1.54) is 24.5 Å². The molecule has 1 unspecified atom stereocenters. The maximum atomic E-state index is 14.5. The van der Waals surface area contributed by atoms with Crippen LogP contribution in [-0.2, 0) is 11.2 Å². The fourth-order valence-corrected chi connectivity index (χ4v) is 4.72. The van der Waals surface area contributed by atoms with Gasteiger partial charge in [0.05, 0.1) is 15.6 Å². The Morgan fingerprint density at radius 3 is 2.33 bits per heavy atom. The minimum absolute atomic E-state index is 0.144. The lowest BCUT2D eigenvalue weighted by molar-refractivity contribution is -0.124. The minimum Gasteiger partial charge on any atom is -0.366 e. The molecule has 3 rings (SSSR count). The second-order valence-electron chi connectivity index (χ2n) is 9.45. The van der Waals surface area contributed by atoms with Gasteiger partial charge in [-0.1, -0.05) is 29.3 Å². The van der Waals surface area contributed by atoms with Crippen LogP contribution in [-0.4, -0.2) is 59.3 Å². The zero-order valence-electron chi connectivity index (χ0n) is 20.1. The van der Waals surface area contributed by atoms with E-state index in [4.69, 9.17) is 28.9 Å². The number of hydrogen-bond acceptors (Lipinski definition) is 5. The van der Waals surface area contributed by atoms with E-state index in [0.29, 0.717) is 5.56 Å². The highest BCUT2D eigenvalue weighted by molar-refractivity contribution is 6.32. The summed E-state index contributed by atoms with van der Waals surface area (Å²) >= 11 is 12.0. The molecule has 1 aliphatic rings. The molecular formula is C24H28Cl2F3N5O2. The molecule has 0 aliphatic heterocycles. The Morgan fingerprint density at radius 2 is 1.83 bits per heavy atom. The van der Waals surface area contributed by atoms with Gasteiger partial charge >= 0.3 is 0 Å². The Labute approximate surface area is 217 Å². The van der Waals surface area contributed by atoms with Crippen molar-refractivity contribution in [2.45, 2.75) is 50.5 Å². The van der Waals surface area contributed by atoms with Crippen LogP contribution in [0.25, 0.3) is 0 Å². The molecule has 0 radical (unpaired) electrons. The summed E-state index contributed by atoms with van der Waals surface area (Å²) < 4.78 is 43.5. The van der Waals surface area contributed by atoms with Crippen molar-refractivity contribution in [3.05, 3.63) is 57.3 Å². The molecule has 1 heterocycles. The molecule has 2 atom stereocenters. The molecule has 1 aromatic heterocycles. The van der Waals surface area contributed by atoms with Crippen molar-refractivity contribution in [2.24, 2.45) is 11.1 Å². The zero-order chi connectivity index (χ0) is 26.8. The fourth-order valence-electron chi connectivity index (χ4n) is 4.38. The van der Waals surface area contributed by atoms with E-state index < -0.39 is 34.9 Å². The van der Waals surface area contributed by atoms with Gasteiger partial charge in [0, 0.05) is 42.7 Å². The lowest BCUT2D eigenvalue weighted by Crippen LogP contribution is -2.43. The molecule has 1 aliphatic carbocycles. The Morgan fingerprint density at radius 1 is 1.22 bits per heavy atom. The van der Waals surface area contributed by atoms with Crippen LogP contribution in [0, 0.1) is 11.2 Å². The summed E-state index contributed by atoms with van der Waals surface area (Å²) in [6.07, 6.45) is 3.19. The largest absolute Gasteiger partial charge is 0.366 e. The van der Waals surface area contributed by atoms with E-state index in [9.17, 15) is 22.8 Å². The number of nitrogens with one attached hydrogen (secondary N) is 1. The van der Waals surface area contributed by atoms with Crippen molar-refractivity contribution in [2.75, 3.05) is 20.6 Å². The van der Waals surface area contributed by atoms with E-state index in [1.807, 2.05) is 4.90 Å². The van der Waals surface area contributed by atoms with Gasteiger partial charge in [0.1, 0.15) is 5.82 Å². The molecule has 0 saturated heterocycles. The molecule has 2 amide bonds. The first kappa shape index (κ1) is 28.1. The molecule has 36 heavy (non-hydrogen) atoms. The molecule has 1 fully saturated rings. The number of primary amides is 1. The number of alkyl halides is 2. The number of nitrogens with two attached hydrogens (primary N) is 1. The van der Waals surface area contributed by atoms with Crippen molar-refractivity contribution in [1.29, 1.82) is 0 Å². The Kier molecular flexibility index (Phi) is 8.52. The highest BCUT2D eigenvalue weighted by Crippen LogP contribution is 2.65. The molecule has 1 saturated carbocycles. The third-order valence-corrected chi connectivity index (χ3v) is 7.42. The third-order valence-electron chi connectivity index (χ3n) is 6.82. The number of halogens is 5. The number of carbonyl (C=O) groups is 2. The van der Waals surface area contributed by atoms with Crippen molar-refractivity contribution in [3.8, 4) is 0 Å². The summed E-state index contributed by atoms with van der Waals surface area (Å²) in [5.41, 5.74) is 3.89. The lowest BCUT2D eigenvalue weighted by Gasteiger charge is -2.31. The topological polar surface area (TPSA) is 101 Å². The number of nitrogens with zero attached hydrogens (tertiary/aromatic N) is 3. The Balaban J connectivity index is 1.73. The number of amides is 2. The van der Waals surface area contributed by atoms with Crippen LogP contribution in [0.15, 0.2) is 24.5 Å². The summed E-state index contributed by atoms with van der Waals surface area (Å²) in [6, 6.07) is 2.47. The number of aromatic nitrogens is 2. The van der Waals surface area contributed by atoms with Gasteiger partial charge in [0.15, 0.2) is 5.82 Å². The average Bonchev–Trinajstić information content (AvgIpc) is 3.60. The molecule has 1 aromatic carbocycles. The average molecular weight is 546 g/mol. The fraction of sp³-hybridized carbons (Fsp3) is 0.500. The quantitative estimate of drug-likeness (QED) is 0.440. The van der Waals surface area contributed by atoms with Crippen molar-refractivity contribution in [3.63, 3.8) is 0 Å². The summed E-state index contributed by atoms with van der Waals surface area (Å²) in [5.74, 6) is -6.04. The van der Waals surface area contributed by atoms with Gasteiger partial charge in [-0.25, -0.2) is 23.1 Å². The molecule has 0 spiro atoms. The minimum atomic E-state index is -3.02. The van der Waals surface area contributed by atoms with Crippen LogP contribution in [0.1, 0.15) is 53.8 Å². The van der Waals surface area contributed by atoms with Gasteiger partial charge in [0.25, 0.3) is 11.8 Å². The second-order valence-corrected chi connectivity index (χ2v) is 10.3. The van der Waals surface area contributed by atoms with Crippen LogP contribution < -0.4 is 11.1 Å². The van der Waals surface area contributed by atoms with Gasteiger partial charge in [0.2, 0.25) is 5.91 Å². The summed E-state index contributed by atoms with van der Waals surface area (Å²) in [7, 11) is 3.56. The highest BCUT2D eigenvalue weighted by atomic mass is 35.5. The van der Waals surface area contributed by atoms with Crippen molar-refractivity contribution >= 4 is 35.0 Å². The Hall–Kier alpha value is -2.43. The third kappa shape index (κ3) is 6.10.